The second kappa shape index (κ2) is 6.74. The normalized spacial score (nSPS) is 14.0. The summed E-state index contributed by atoms with van der Waals surface area (Å²) in [5.41, 5.74) is 4.31. The Kier molecular flexibility index (Phi) is 4.09. The smallest absolute Gasteiger partial charge is 0.203 e. The van der Waals surface area contributed by atoms with E-state index in [0.29, 0.717) is 5.92 Å². The van der Waals surface area contributed by atoms with Crippen molar-refractivity contribution in [1.29, 1.82) is 0 Å². The zero-order chi connectivity index (χ0) is 18.2. The summed E-state index contributed by atoms with van der Waals surface area (Å²) in [7, 11) is 0. The number of aromatic nitrogens is 5. The summed E-state index contributed by atoms with van der Waals surface area (Å²) in [6.45, 7) is 2.83. The van der Waals surface area contributed by atoms with Crippen LogP contribution in [0.1, 0.15) is 35.2 Å². The lowest BCUT2D eigenvalue weighted by molar-refractivity contribution is 0.894. The van der Waals surface area contributed by atoms with Crippen LogP contribution in [-0.2, 0) is 6.42 Å². The van der Waals surface area contributed by atoms with E-state index in [1.807, 2.05) is 19.3 Å². The van der Waals surface area contributed by atoms with E-state index in [0.717, 1.165) is 41.0 Å². The molecule has 3 aromatic heterocycles. The largest absolute Gasteiger partial charge is 0.367 e. The number of fused-ring (bicyclic) bond motifs is 1. The fraction of sp³-hybridized carbons (Fsp3) is 0.300. The lowest BCUT2D eigenvalue weighted by atomic mass is 10.1. The molecule has 0 bridgehead atoms. The second-order valence-corrected chi connectivity index (χ2v) is 7.99. The number of anilines is 1. The van der Waals surface area contributed by atoms with E-state index < -0.39 is 0 Å². The van der Waals surface area contributed by atoms with E-state index in [9.17, 15) is 0 Å². The molecule has 1 aliphatic rings. The second-order valence-electron chi connectivity index (χ2n) is 6.93. The monoisotopic (exact) mass is 376 g/mol. The number of hydrogen-bond donors (Lipinski definition) is 1. The first-order valence-electron chi connectivity index (χ1n) is 9.23. The number of hydrogen-bond acceptors (Lipinski definition) is 6. The van der Waals surface area contributed by atoms with Crippen molar-refractivity contribution in [2.75, 3.05) is 11.9 Å². The Bertz CT molecular complexity index is 1080. The zero-order valence-electron chi connectivity index (χ0n) is 15.1. The van der Waals surface area contributed by atoms with Crippen LogP contribution < -0.4 is 5.32 Å². The molecule has 1 N–H and O–H groups in total. The molecular weight excluding hydrogens is 356 g/mol. The fourth-order valence-electron chi connectivity index (χ4n) is 3.25. The molecule has 5 rings (SSSR count). The molecule has 0 aliphatic heterocycles. The lowest BCUT2D eigenvalue weighted by Gasteiger charge is -2.07. The molecule has 1 fully saturated rings. The van der Waals surface area contributed by atoms with Gasteiger partial charge in [-0.2, -0.15) is 0 Å². The van der Waals surface area contributed by atoms with E-state index in [1.54, 1.807) is 11.3 Å². The highest BCUT2D eigenvalue weighted by molar-refractivity contribution is 7.09. The highest BCUT2D eigenvalue weighted by Crippen LogP contribution is 2.39. The van der Waals surface area contributed by atoms with Gasteiger partial charge in [-0.25, -0.2) is 9.97 Å². The number of aryl methyl sites for hydroxylation is 1. The summed E-state index contributed by atoms with van der Waals surface area (Å²) in [6.07, 6.45) is 7.11. The van der Waals surface area contributed by atoms with Gasteiger partial charge >= 0.3 is 0 Å². The van der Waals surface area contributed by atoms with Crippen LogP contribution in [0.4, 0.5) is 5.82 Å². The maximum absolute atomic E-state index is 4.54. The molecule has 1 saturated carbocycles. The molecule has 1 aliphatic carbocycles. The Morgan fingerprint density at radius 3 is 2.78 bits per heavy atom. The van der Waals surface area contributed by atoms with Crippen molar-refractivity contribution in [1.82, 2.24) is 24.6 Å². The van der Waals surface area contributed by atoms with Gasteiger partial charge in [-0.05, 0) is 31.7 Å². The third-order valence-corrected chi connectivity index (χ3v) is 5.64. The van der Waals surface area contributed by atoms with Gasteiger partial charge in [0.15, 0.2) is 5.82 Å². The first kappa shape index (κ1) is 16.4. The van der Waals surface area contributed by atoms with Crippen LogP contribution in [-0.4, -0.2) is 31.1 Å². The van der Waals surface area contributed by atoms with Gasteiger partial charge in [-0.15, -0.1) is 21.5 Å². The minimum absolute atomic E-state index is 0.565. The van der Waals surface area contributed by atoms with Crippen LogP contribution in [0.2, 0.25) is 0 Å². The Balaban J connectivity index is 1.25. The Morgan fingerprint density at radius 1 is 1.19 bits per heavy atom. The van der Waals surface area contributed by atoms with E-state index in [4.69, 9.17) is 0 Å². The number of rotatable bonds is 6. The van der Waals surface area contributed by atoms with Crippen LogP contribution in [0, 0.1) is 6.92 Å². The van der Waals surface area contributed by atoms with Crippen molar-refractivity contribution in [3.8, 4) is 11.3 Å². The highest BCUT2D eigenvalue weighted by atomic mass is 32.1. The van der Waals surface area contributed by atoms with Gasteiger partial charge in [0.25, 0.3) is 0 Å². The standard InChI is InChI=1S/C20H20N6S/c1-13-23-17(12-27-13)15-4-2-14(3-5-15)8-9-21-18-20-25-24-19(16-6-7-16)26(20)11-10-22-18/h2-5,10-12,16H,6-9H2,1H3,(H,21,22). The minimum Gasteiger partial charge on any atom is -0.367 e. The van der Waals surface area contributed by atoms with Gasteiger partial charge in [0.2, 0.25) is 5.65 Å². The molecule has 3 heterocycles. The van der Waals surface area contributed by atoms with E-state index in [1.165, 1.54) is 24.0 Å². The van der Waals surface area contributed by atoms with E-state index >= 15 is 0 Å². The zero-order valence-corrected chi connectivity index (χ0v) is 15.9. The first-order chi connectivity index (χ1) is 13.3. The maximum atomic E-state index is 4.54. The molecular formula is C20H20N6S. The molecule has 0 unspecified atom stereocenters. The molecule has 0 saturated heterocycles. The summed E-state index contributed by atoms with van der Waals surface area (Å²) in [6, 6.07) is 8.62. The van der Waals surface area contributed by atoms with Gasteiger partial charge in [0, 0.05) is 35.8 Å². The lowest BCUT2D eigenvalue weighted by Crippen LogP contribution is -2.08. The molecule has 6 nitrogen and oxygen atoms in total. The summed E-state index contributed by atoms with van der Waals surface area (Å²) in [5, 5.41) is 15.3. The third kappa shape index (κ3) is 3.30. The number of thiazole rings is 1. The summed E-state index contributed by atoms with van der Waals surface area (Å²) < 4.78 is 2.07. The average Bonchev–Trinajstić information content (AvgIpc) is 3.29. The molecule has 4 aromatic rings. The van der Waals surface area contributed by atoms with Crippen molar-refractivity contribution >= 4 is 22.8 Å². The maximum Gasteiger partial charge on any atom is 0.203 e. The minimum atomic E-state index is 0.565. The quantitative estimate of drug-likeness (QED) is 0.549. The molecule has 0 radical (unpaired) electrons. The van der Waals surface area contributed by atoms with E-state index in [-0.39, 0.29) is 0 Å². The predicted molar refractivity (Wildman–Crippen MR) is 107 cm³/mol. The van der Waals surface area contributed by atoms with E-state index in [2.05, 4.69) is 59.5 Å². The Morgan fingerprint density at radius 2 is 2.04 bits per heavy atom. The van der Waals surface area contributed by atoms with Gasteiger partial charge in [-0.1, -0.05) is 24.3 Å². The molecule has 0 atom stereocenters. The van der Waals surface area contributed by atoms with Crippen molar-refractivity contribution in [2.24, 2.45) is 0 Å². The Labute approximate surface area is 161 Å². The molecule has 0 amide bonds. The summed E-state index contributed by atoms with van der Waals surface area (Å²) in [5.74, 6) is 2.42. The Hall–Kier alpha value is -2.80. The predicted octanol–water partition coefficient (Wildman–Crippen LogP) is 4.09. The molecule has 0 spiro atoms. The summed E-state index contributed by atoms with van der Waals surface area (Å²) >= 11 is 1.68. The van der Waals surface area contributed by atoms with Crippen LogP contribution in [0.3, 0.4) is 0 Å². The van der Waals surface area contributed by atoms with Crippen molar-refractivity contribution in [2.45, 2.75) is 32.1 Å². The molecule has 27 heavy (non-hydrogen) atoms. The molecule has 7 heteroatoms. The third-order valence-electron chi connectivity index (χ3n) is 4.87. The van der Waals surface area contributed by atoms with Crippen LogP contribution in [0.5, 0.6) is 0 Å². The number of nitrogens with one attached hydrogen (secondary N) is 1. The molecule has 136 valence electrons. The van der Waals surface area contributed by atoms with Crippen LogP contribution in [0.25, 0.3) is 16.9 Å². The average molecular weight is 376 g/mol. The van der Waals surface area contributed by atoms with Crippen molar-refractivity contribution in [3.05, 3.63) is 58.4 Å². The fourth-order valence-corrected chi connectivity index (χ4v) is 3.87. The van der Waals surface area contributed by atoms with Crippen molar-refractivity contribution < 1.29 is 0 Å². The molecule has 1 aromatic carbocycles. The van der Waals surface area contributed by atoms with Gasteiger partial charge in [-0.3, -0.25) is 4.40 Å². The van der Waals surface area contributed by atoms with Gasteiger partial charge in [0.05, 0.1) is 10.7 Å². The topological polar surface area (TPSA) is 68.0 Å². The van der Waals surface area contributed by atoms with Crippen LogP contribution >= 0.6 is 11.3 Å². The number of nitrogens with zero attached hydrogens (tertiary/aromatic N) is 5. The van der Waals surface area contributed by atoms with Gasteiger partial charge < -0.3 is 5.32 Å². The summed E-state index contributed by atoms with van der Waals surface area (Å²) in [4.78, 5) is 8.99. The number of benzene rings is 1. The van der Waals surface area contributed by atoms with Crippen molar-refractivity contribution in [3.63, 3.8) is 0 Å². The van der Waals surface area contributed by atoms with Gasteiger partial charge in [0.1, 0.15) is 5.82 Å². The SMILES string of the molecule is Cc1nc(-c2ccc(CCNc3nccn4c(C5CC5)nnc34)cc2)cs1. The van der Waals surface area contributed by atoms with Crippen LogP contribution in [0.15, 0.2) is 42.0 Å². The first-order valence-corrected chi connectivity index (χ1v) is 10.1. The highest BCUT2D eigenvalue weighted by Gasteiger charge is 2.29.